The van der Waals surface area contributed by atoms with Crippen LogP contribution < -0.4 is 9.64 Å². The van der Waals surface area contributed by atoms with E-state index in [0.29, 0.717) is 11.4 Å². The predicted molar refractivity (Wildman–Crippen MR) is 87.0 cm³/mol. The Balaban J connectivity index is 1.72. The fourth-order valence-electron chi connectivity index (χ4n) is 4.42. The molecule has 0 radical (unpaired) electrons. The summed E-state index contributed by atoms with van der Waals surface area (Å²) in [6.07, 6.45) is 4.22. The molecule has 4 rings (SSSR count). The Morgan fingerprint density at radius 1 is 0.957 bits per heavy atom. The lowest BCUT2D eigenvalue weighted by Crippen LogP contribution is -2.33. The smallest absolute Gasteiger partial charge is 0.238 e. The minimum absolute atomic E-state index is 0.0687. The first-order valence-corrected chi connectivity index (χ1v) is 7.92. The van der Waals surface area contributed by atoms with Crippen LogP contribution in [0.3, 0.4) is 0 Å². The van der Waals surface area contributed by atoms with Gasteiger partial charge in [-0.15, -0.1) is 0 Å². The molecule has 3 aliphatic rings. The number of benzene rings is 1. The summed E-state index contributed by atoms with van der Waals surface area (Å²) < 4.78 is 5.14. The second-order valence-corrected chi connectivity index (χ2v) is 6.65. The highest BCUT2D eigenvalue weighted by molar-refractivity contribution is 6.23. The van der Waals surface area contributed by atoms with Crippen LogP contribution in [0.5, 0.6) is 5.75 Å². The maximum atomic E-state index is 12.9. The molecule has 4 heteroatoms. The van der Waals surface area contributed by atoms with Gasteiger partial charge in [0.25, 0.3) is 0 Å². The number of hydrogen-bond donors (Lipinski definition) is 0. The summed E-state index contributed by atoms with van der Waals surface area (Å²) >= 11 is 0. The summed E-state index contributed by atoms with van der Waals surface area (Å²) in [7, 11) is 1.59. The van der Waals surface area contributed by atoms with E-state index in [2.05, 4.69) is 26.0 Å². The molecule has 1 aromatic rings. The van der Waals surface area contributed by atoms with Crippen LogP contribution in [0.15, 0.2) is 47.6 Å². The van der Waals surface area contributed by atoms with Crippen LogP contribution in [0.1, 0.15) is 13.8 Å². The number of anilines is 1. The SMILES string of the molecule is COc1ccc(N2C(=O)[C@@H]3[C@H](C2=O)[C@@H]2C=C[C@H]3C2=C(C)C)cc1. The molecule has 2 bridgehead atoms. The number of carbonyl (C=O) groups excluding carboxylic acids is 2. The number of methoxy groups -OCH3 is 1. The van der Waals surface area contributed by atoms with Gasteiger partial charge in [0.05, 0.1) is 24.6 Å². The van der Waals surface area contributed by atoms with Crippen molar-refractivity contribution in [3.63, 3.8) is 0 Å². The van der Waals surface area contributed by atoms with E-state index < -0.39 is 0 Å². The quantitative estimate of drug-likeness (QED) is 0.623. The van der Waals surface area contributed by atoms with Crippen LogP contribution >= 0.6 is 0 Å². The first-order chi connectivity index (χ1) is 11.0. The minimum Gasteiger partial charge on any atom is -0.497 e. The van der Waals surface area contributed by atoms with Crippen molar-refractivity contribution in [1.29, 1.82) is 0 Å². The lowest BCUT2D eigenvalue weighted by Gasteiger charge is -2.19. The first kappa shape index (κ1) is 14.2. The second-order valence-electron chi connectivity index (χ2n) is 6.65. The number of amides is 2. The van der Waals surface area contributed by atoms with Gasteiger partial charge in [-0.05, 0) is 38.1 Å². The van der Waals surface area contributed by atoms with Crippen molar-refractivity contribution in [2.75, 3.05) is 12.0 Å². The molecule has 1 heterocycles. The number of allylic oxidation sites excluding steroid dienone is 4. The van der Waals surface area contributed by atoms with E-state index in [0.717, 1.165) is 0 Å². The minimum atomic E-state index is -0.232. The maximum Gasteiger partial charge on any atom is 0.238 e. The standard InChI is InChI=1S/C19H19NO3/c1-10(2)15-13-8-9-14(15)17-16(13)18(21)20(19(17)22)11-4-6-12(23-3)7-5-11/h4-9,13-14,16-17H,1-3H3/t13-,14+,16-,17+. The molecule has 1 aromatic carbocycles. The van der Waals surface area contributed by atoms with Gasteiger partial charge in [0, 0.05) is 11.8 Å². The zero-order valence-corrected chi connectivity index (χ0v) is 13.4. The molecular weight excluding hydrogens is 290 g/mol. The number of ether oxygens (including phenoxy) is 1. The number of nitrogens with zero attached hydrogens (tertiary/aromatic N) is 1. The van der Waals surface area contributed by atoms with Crippen molar-refractivity contribution in [1.82, 2.24) is 0 Å². The van der Waals surface area contributed by atoms with Crippen LogP contribution in [-0.4, -0.2) is 18.9 Å². The van der Waals surface area contributed by atoms with E-state index in [9.17, 15) is 9.59 Å². The molecule has 2 aliphatic carbocycles. The highest BCUT2D eigenvalue weighted by atomic mass is 16.5. The van der Waals surface area contributed by atoms with Crippen molar-refractivity contribution in [3.8, 4) is 5.75 Å². The van der Waals surface area contributed by atoms with E-state index in [1.807, 2.05) is 0 Å². The Hall–Kier alpha value is -2.36. The van der Waals surface area contributed by atoms with Crippen molar-refractivity contribution < 1.29 is 14.3 Å². The van der Waals surface area contributed by atoms with Crippen molar-refractivity contribution in [2.45, 2.75) is 13.8 Å². The lowest BCUT2D eigenvalue weighted by molar-refractivity contribution is -0.122. The third kappa shape index (κ3) is 1.78. The van der Waals surface area contributed by atoms with Crippen LogP contribution in [0.2, 0.25) is 0 Å². The average Bonchev–Trinajstić information content (AvgIpc) is 3.18. The van der Waals surface area contributed by atoms with Gasteiger partial charge in [-0.25, -0.2) is 4.90 Å². The van der Waals surface area contributed by atoms with E-state index in [1.54, 1.807) is 31.4 Å². The number of fused-ring (bicyclic) bond motifs is 5. The van der Waals surface area contributed by atoms with Gasteiger partial charge in [-0.1, -0.05) is 23.3 Å². The van der Waals surface area contributed by atoms with E-state index in [1.165, 1.54) is 16.0 Å². The fourth-order valence-corrected chi connectivity index (χ4v) is 4.42. The molecule has 4 nitrogen and oxygen atoms in total. The van der Waals surface area contributed by atoms with Crippen LogP contribution in [0, 0.1) is 23.7 Å². The Morgan fingerprint density at radius 3 is 1.91 bits per heavy atom. The van der Waals surface area contributed by atoms with Gasteiger partial charge in [-0.3, -0.25) is 9.59 Å². The normalized spacial score (nSPS) is 31.1. The number of imide groups is 1. The van der Waals surface area contributed by atoms with E-state index in [4.69, 9.17) is 4.74 Å². The molecule has 1 saturated carbocycles. The molecule has 0 aromatic heterocycles. The number of carbonyl (C=O) groups is 2. The molecule has 23 heavy (non-hydrogen) atoms. The number of rotatable bonds is 2. The molecule has 1 aliphatic heterocycles. The summed E-state index contributed by atoms with van der Waals surface area (Å²) in [6.45, 7) is 4.14. The van der Waals surface area contributed by atoms with E-state index in [-0.39, 0.29) is 35.5 Å². The molecule has 118 valence electrons. The zero-order chi connectivity index (χ0) is 16.3. The summed E-state index contributed by atoms with van der Waals surface area (Å²) in [5.74, 6) is 0.293. The van der Waals surface area contributed by atoms with Gasteiger partial charge in [0.15, 0.2) is 0 Å². The largest absolute Gasteiger partial charge is 0.497 e. The van der Waals surface area contributed by atoms with Crippen LogP contribution in [0.25, 0.3) is 0 Å². The van der Waals surface area contributed by atoms with Gasteiger partial charge >= 0.3 is 0 Å². The summed E-state index contributed by atoms with van der Waals surface area (Å²) in [5.41, 5.74) is 3.14. The van der Waals surface area contributed by atoms with Gasteiger partial charge in [0.2, 0.25) is 11.8 Å². The molecule has 2 amide bonds. The van der Waals surface area contributed by atoms with Crippen molar-refractivity contribution in [3.05, 3.63) is 47.6 Å². The zero-order valence-electron chi connectivity index (χ0n) is 13.4. The van der Waals surface area contributed by atoms with E-state index >= 15 is 0 Å². The maximum absolute atomic E-state index is 12.9. The molecule has 4 atom stereocenters. The second kappa shape index (κ2) is 4.82. The Kier molecular flexibility index (Phi) is 2.98. The molecule has 0 N–H and O–H groups in total. The molecule has 2 fully saturated rings. The van der Waals surface area contributed by atoms with Crippen LogP contribution in [0.4, 0.5) is 5.69 Å². The van der Waals surface area contributed by atoms with Crippen molar-refractivity contribution in [2.24, 2.45) is 23.7 Å². The third-order valence-electron chi connectivity index (χ3n) is 5.32. The number of hydrogen-bond acceptors (Lipinski definition) is 3. The molecule has 1 saturated heterocycles. The van der Waals surface area contributed by atoms with Gasteiger partial charge < -0.3 is 4.74 Å². The molecule has 0 unspecified atom stereocenters. The highest BCUT2D eigenvalue weighted by Gasteiger charge is 2.61. The Bertz CT molecular complexity index is 721. The molecule has 0 spiro atoms. The van der Waals surface area contributed by atoms with Gasteiger partial charge in [0.1, 0.15) is 5.75 Å². The first-order valence-electron chi connectivity index (χ1n) is 7.92. The van der Waals surface area contributed by atoms with Gasteiger partial charge in [-0.2, -0.15) is 0 Å². The third-order valence-corrected chi connectivity index (χ3v) is 5.32. The summed E-state index contributed by atoms with van der Waals surface area (Å²) in [4.78, 5) is 27.2. The Morgan fingerprint density at radius 2 is 1.48 bits per heavy atom. The average molecular weight is 309 g/mol. The van der Waals surface area contributed by atoms with Crippen molar-refractivity contribution >= 4 is 17.5 Å². The topological polar surface area (TPSA) is 46.6 Å². The lowest BCUT2D eigenvalue weighted by atomic mass is 9.85. The fraction of sp³-hybridized carbons (Fsp3) is 0.368. The monoisotopic (exact) mass is 309 g/mol. The highest BCUT2D eigenvalue weighted by Crippen LogP contribution is 2.57. The summed E-state index contributed by atoms with van der Waals surface area (Å²) in [5, 5.41) is 0. The van der Waals surface area contributed by atoms with Crippen LogP contribution in [-0.2, 0) is 9.59 Å². The Labute approximate surface area is 135 Å². The molecular formula is C19H19NO3. The summed E-state index contributed by atoms with van der Waals surface area (Å²) in [6, 6.07) is 7.09. The predicted octanol–water partition coefficient (Wildman–Crippen LogP) is 2.95.